The number of hydrogen-bond donors (Lipinski definition) is 0. The van der Waals surface area contributed by atoms with Gasteiger partial charge >= 0.3 is 0 Å². The van der Waals surface area contributed by atoms with E-state index in [1.54, 1.807) is 0 Å². The molecule has 5 nitrogen and oxygen atoms in total. The summed E-state index contributed by atoms with van der Waals surface area (Å²) in [5.74, 6) is 0.656. The summed E-state index contributed by atoms with van der Waals surface area (Å²) in [5, 5.41) is 4.51. The minimum Gasteiger partial charge on any atom is -0.290 e. The number of thiophene rings is 1. The molecule has 10 rings (SSSR count). The normalized spacial score (nSPS) is 12.2. The summed E-state index contributed by atoms with van der Waals surface area (Å²) in [5.41, 5.74) is 10.5. The first-order chi connectivity index (χ1) is 21.7. The van der Waals surface area contributed by atoms with Crippen LogP contribution in [0.5, 0.6) is 0 Å². The summed E-state index contributed by atoms with van der Waals surface area (Å²) in [7, 11) is 0. The first-order valence-electron chi connectivity index (χ1n) is 14.7. The van der Waals surface area contributed by atoms with Crippen LogP contribution in [0.15, 0.2) is 121 Å². The summed E-state index contributed by atoms with van der Waals surface area (Å²) < 4.78 is 7.08. The van der Waals surface area contributed by atoms with Gasteiger partial charge in [0.2, 0.25) is 5.95 Å². The van der Waals surface area contributed by atoms with Crippen LogP contribution in [0.1, 0.15) is 5.56 Å². The van der Waals surface area contributed by atoms with Gasteiger partial charge in [-0.15, -0.1) is 11.3 Å². The lowest BCUT2D eigenvalue weighted by Crippen LogP contribution is -2.04. The molecule has 0 unspecified atom stereocenters. The molecule has 5 aromatic heterocycles. The molecular formula is C38H23N5S. The highest BCUT2D eigenvalue weighted by molar-refractivity contribution is 7.26. The molecule has 0 saturated carbocycles. The maximum atomic E-state index is 5.34. The number of pyridine rings is 1. The molecule has 0 bridgehead atoms. The molecule has 0 aliphatic heterocycles. The number of rotatable bonds is 2. The van der Waals surface area contributed by atoms with Crippen molar-refractivity contribution < 1.29 is 0 Å². The van der Waals surface area contributed by atoms with Gasteiger partial charge in [-0.2, -0.15) is 0 Å². The lowest BCUT2D eigenvalue weighted by Gasteiger charge is -2.12. The summed E-state index contributed by atoms with van der Waals surface area (Å²) in [6, 6.07) is 42.6. The molecule has 44 heavy (non-hydrogen) atoms. The van der Waals surface area contributed by atoms with E-state index in [0.717, 1.165) is 60.6 Å². The molecule has 0 aliphatic rings. The van der Waals surface area contributed by atoms with Crippen LogP contribution in [0.2, 0.25) is 0 Å². The van der Waals surface area contributed by atoms with Crippen molar-refractivity contribution in [3.05, 3.63) is 127 Å². The van der Waals surface area contributed by atoms with Gasteiger partial charge in [0.15, 0.2) is 0 Å². The third-order valence-electron chi connectivity index (χ3n) is 8.75. The van der Waals surface area contributed by atoms with E-state index in [1.807, 2.05) is 23.5 Å². The van der Waals surface area contributed by atoms with E-state index in [4.69, 9.17) is 15.0 Å². The first-order valence-corrected chi connectivity index (χ1v) is 15.5. The van der Waals surface area contributed by atoms with Crippen molar-refractivity contribution in [3.63, 3.8) is 0 Å². The lowest BCUT2D eigenvalue weighted by atomic mass is 10.1. The molecule has 0 spiro atoms. The van der Waals surface area contributed by atoms with Gasteiger partial charge < -0.3 is 0 Å². The Morgan fingerprint density at radius 2 is 1.34 bits per heavy atom. The second-order valence-electron chi connectivity index (χ2n) is 11.4. The fourth-order valence-corrected chi connectivity index (χ4v) is 8.10. The maximum absolute atomic E-state index is 5.34. The van der Waals surface area contributed by atoms with E-state index in [2.05, 4.69) is 125 Å². The Bertz CT molecular complexity index is 2790. The van der Waals surface area contributed by atoms with Crippen molar-refractivity contribution in [1.82, 2.24) is 23.9 Å². The number of imidazole rings is 1. The second kappa shape index (κ2) is 8.72. The molecule has 0 aliphatic carbocycles. The third kappa shape index (κ3) is 3.15. The second-order valence-corrected chi connectivity index (χ2v) is 12.4. The van der Waals surface area contributed by atoms with Crippen LogP contribution in [0.25, 0.3) is 86.9 Å². The van der Waals surface area contributed by atoms with E-state index in [9.17, 15) is 0 Å². The summed E-state index contributed by atoms with van der Waals surface area (Å²) in [6.45, 7) is 2.13. The van der Waals surface area contributed by atoms with E-state index in [0.29, 0.717) is 5.95 Å². The number of aryl methyl sites for hydroxylation is 1. The highest BCUT2D eigenvalue weighted by atomic mass is 32.1. The molecular weight excluding hydrogens is 559 g/mol. The molecule has 206 valence electrons. The number of nitrogens with zero attached hydrogens (tertiary/aromatic N) is 5. The van der Waals surface area contributed by atoms with Crippen LogP contribution < -0.4 is 0 Å². The number of benzene rings is 5. The van der Waals surface area contributed by atoms with Crippen molar-refractivity contribution in [1.29, 1.82) is 0 Å². The van der Waals surface area contributed by atoms with E-state index in [1.165, 1.54) is 25.9 Å². The van der Waals surface area contributed by atoms with Crippen LogP contribution in [-0.4, -0.2) is 23.9 Å². The fraction of sp³-hybridized carbons (Fsp3) is 0.0263. The number of para-hydroxylation sites is 2. The minimum atomic E-state index is 0.656. The Morgan fingerprint density at radius 3 is 2.23 bits per heavy atom. The van der Waals surface area contributed by atoms with Gasteiger partial charge in [-0.3, -0.25) is 8.97 Å². The average Bonchev–Trinajstić information content (AvgIpc) is 3.74. The topological polar surface area (TPSA) is 48.0 Å². The Kier molecular flexibility index (Phi) is 4.74. The van der Waals surface area contributed by atoms with Crippen LogP contribution in [-0.2, 0) is 0 Å². The Labute approximate surface area is 255 Å². The van der Waals surface area contributed by atoms with Crippen molar-refractivity contribution in [3.8, 4) is 17.2 Å². The quantitative estimate of drug-likeness (QED) is 0.204. The Balaban J connectivity index is 1.47. The van der Waals surface area contributed by atoms with E-state index >= 15 is 0 Å². The molecule has 0 fully saturated rings. The van der Waals surface area contributed by atoms with E-state index < -0.39 is 0 Å². The molecule has 0 atom stereocenters. The zero-order valence-electron chi connectivity index (χ0n) is 23.7. The number of fused-ring (bicyclic) bond motifs is 13. The standard InChI is InChI=1S/C38H23N5S/c1-22-19-20-30-28(21-22)39-37-32-25-14-6-9-17-29(25)43(35(32)36-34(42(30)37)26-15-7-10-18-31(26)44-36)38-40-27-16-8-5-13-24(27)33(41-38)23-11-3-2-4-12-23/h2-21H,1H3. The van der Waals surface area contributed by atoms with Gasteiger partial charge in [-0.25, -0.2) is 15.0 Å². The van der Waals surface area contributed by atoms with Crippen LogP contribution >= 0.6 is 11.3 Å². The Hall–Kier alpha value is -5.59. The first kappa shape index (κ1) is 23.9. The molecule has 0 N–H and O–H groups in total. The van der Waals surface area contributed by atoms with Crippen LogP contribution in [0.4, 0.5) is 0 Å². The predicted molar refractivity (Wildman–Crippen MR) is 183 cm³/mol. The van der Waals surface area contributed by atoms with E-state index in [-0.39, 0.29) is 0 Å². The minimum absolute atomic E-state index is 0.656. The largest absolute Gasteiger partial charge is 0.290 e. The predicted octanol–water partition coefficient (Wildman–Crippen LogP) is 9.87. The smallest absolute Gasteiger partial charge is 0.235 e. The molecule has 5 heterocycles. The Morgan fingerprint density at radius 1 is 0.591 bits per heavy atom. The fourth-order valence-electron chi connectivity index (χ4n) is 6.87. The highest BCUT2D eigenvalue weighted by Crippen LogP contribution is 2.45. The van der Waals surface area contributed by atoms with Gasteiger partial charge in [0.05, 0.1) is 48.9 Å². The number of aromatic nitrogens is 5. The van der Waals surface area contributed by atoms with Crippen molar-refractivity contribution >= 4 is 81.0 Å². The third-order valence-corrected chi connectivity index (χ3v) is 9.92. The average molecular weight is 582 g/mol. The summed E-state index contributed by atoms with van der Waals surface area (Å²) in [6.07, 6.45) is 0. The molecule has 5 aromatic carbocycles. The van der Waals surface area contributed by atoms with Gasteiger partial charge in [0.25, 0.3) is 0 Å². The van der Waals surface area contributed by atoms with Gasteiger partial charge in [0, 0.05) is 26.4 Å². The zero-order chi connectivity index (χ0) is 28.9. The SMILES string of the molecule is Cc1ccc2c(c1)nc1c3c4ccccc4n(-c4nc(-c5ccccc5)c5ccccc5n4)c3c3sc4ccccc4c3n21. The van der Waals surface area contributed by atoms with Gasteiger partial charge in [-0.1, -0.05) is 91.0 Å². The number of hydrogen-bond acceptors (Lipinski definition) is 4. The summed E-state index contributed by atoms with van der Waals surface area (Å²) in [4.78, 5) is 15.9. The van der Waals surface area contributed by atoms with Gasteiger partial charge in [0.1, 0.15) is 5.65 Å². The summed E-state index contributed by atoms with van der Waals surface area (Å²) >= 11 is 1.82. The monoisotopic (exact) mass is 581 g/mol. The molecule has 0 amide bonds. The zero-order valence-corrected chi connectivity index (χ0v) is 24.5. The highest BCUT2D eigenvalue weighted by Gasteiger charge is 2.25. The maximum Gasteiger partial charge on any atom is 0.235 e. The molecule has 0 saturated heterocycles. The van der Waals surface area contributed by atoms with Gasteiger partial charge in [-0.05, 0) is 42.8 Å². The van der Waals surface area contributed by atoms with Crippen molar-refractivity contribution in [2.75, 3.05) is 0 Å². The molecule has 0 radical (unpaired) electrons. The van der Waals surface area contributed by atoms with Crippen LogP contribution in [0.3, 0.4) is 0 Å². The van der Waals surface area contributed by atoms with Crippen LogP contribution in [0, 0.1) is 6.92 Å². The molecule has 6 heteroatoms. The van der Waals surface area contributed by atoms with Crippen molar-refractivity contribution in [2.24, 2.45) is 0 Å². The lowest BCUT2D eigenvalue weighted by molar-refractivity contribution is 1.02. The molecule has 10 aromatic rings. The van der Waals surface area contributed by atoms with Crippen molar-refractivity contribution in [2.45, 2.75) is 6.92 Å².